The number of hydrogen-bond acceptors (Lipinski definition) is 4. The monoisotopic (exact) mass is 255 g/mol. The molecule has 1 aliphatic heterocycles. The Morgan fingerprint density at radius 3 is 2.67 bits per heavy atom. The van der Waals surface area contributed by atoms with Crippen molar-refractivity contribution in [3.63, 3.8) is 0 Å². The van der Waals surface area contributed by atoms with Crippen molar-refractivity contribution in [3.8, 4) is 0 Å². The summed E-state index contributed by atoms with van der Waals surface area (Å²) in [6, 6.07) is 0. The van der Waals surface area contributed by atoms with Crippen molar-refractivity contribution in [1.82, 2.24) is 4.90 Å². The molecule has 0 aromatic heterocycles. The zero-order chi connectivity index (χ0) is 13.2. The third-order valence-electron chi connectivity index (χ3n) is 2.88. The van der Waals surface area contributed by atoms with Crippen LogP contribution in [-0.2, 0) is 14.3 Å². The van der Waals surface area contributed by atoms with Crippen LogP contribution in [0, 0.1) is 0 Å². The number of esters is 1. The maximum absolute atomic E-state index is 11.5. The maximum Gasteiger partial charge on any atom is 0.332 e. The highest BCUT2D eigenvalue weighted by Gasteiger charge is 2.16. The molecule has 104 valence electrons. The average Bonchev–Trinajstić information content (AvgIpc) is 2.87. The Morgan fingerprint density at radius 1 is 1.39 bits per heavy atom. The summed E-state index contributed by atoms with van der Waals surface area (Å²) in [5.41, 5.74) is 0. The van der Waals surface area contributed by atoms with Crippen LogP contribution in [0.4, 0.5) is 0 Å². The minimum Gasteiger partial charge on any atom is -0.460 e. The highest BCUT2D eigenvalue weighted by Crippen LogP contribution is 2.11. The van der Waals surface area contributed by atoms with Crippen molar-refractivity contribution in [1.29, 1.82) is 0 Å². The number of hydrogen-bond donors (Lipinski definition) is 0. The molecule has 0 radical (unpaired) electrons. The molecule has 1 fully saturated rings. The van der Waals surface area contributed by atoms with Crippen molar-refractivity contribution in [2.45, 2.75) is 45.6 Å². The largest absolute Gasteiger partial charge is 0.460 e. The molecule has 0 spiro atoms. The lowest BCUT2D eigenvalue weighted by Crippen LogP contribution is -2.20. The fourth-order valence-electron chi connectivity index (χ4n) is 2.00. The molecule has 0 aromatic carbocycles. The van der Waals surface area contributed by atoms with Gasteiger partial charge in [-0.3, -0.25) is 0 Å². The van der Waals surface area contributed by atoms with Gasteiger partial charge in [-0.2, -0.15) is 0 Å². The Labute approximate surface area is 110 Å². The number of ether oxygens (including phenoxy) is 2. The Balaban J connectivity index is 2.23. The smallest absolute Gasteiger partial charge is 0.332 e. The number of nitrogens with zero attached hydrogens (tertiary/aromatic N) is 1. The summed E-state index contributed by atoms with van der Waals surface area (Å²) >= 11 is 0. The minimum atomic E-state index is -0.275. The molecule has 1 aliphatic rings. The summed E-state index contributed by atoms with van der Waals surface area (Å²) < 4.78 is 10.5. The summed E-state index contributed by atoms with van der Waals surface area (Å²) in [5.74, 6) is -0.275. The van der Waals surface area contributed by atoms with E-state index in [1.54, 1.807) is 0 Å². The highest BCUT2D eigenvalue weighted by molar-refractivity contribution is 5.81. The molecule has 0 saturated carbocycles. The van der Waals surface area contributed by atoms with E-state index in [-0.39, 0.29) is 12.1 Å². The van der Waals surface area contributed by atoms with E-state index in [0.717, 1.165) is 45.4 Å². The first-order valence-electron chi connectivity index (χ1n) is 6.96. The number of rotatable bonds is 8. The molecular weight excluding hydrogens is 230 g/mol. The van der Waals surface area contributed by atoms with E-state index >= 15 is 0 Å². The summed E-state index contributed by atoms with van der Waals surface area (Å²) in [6.45, 7) is 7.38. The second-order valence-electron chi connectivity index (χ2n) is 4.62. The van der Waals surface area contributed by atoms with Crippen molar-refractivity contribution < 1.29 is 14.3 Å². The molecule has 4 heteroatoms. The van der Waals surface area contributed by atoms with Gasteiger partial charge < -0.3 is 14.4 Å². The van der Waals surface area contributed by atoms with Crippen molar-refractivity contribution >= 4 is 5.97 Å². The van der Waals surface area contributed by atoms with E-state index in [0.29, 0.717) is 6.61 Å². The van der Waals surface area contributed by atoms with Crippen molar-refractivity contribution in [2.75, 3.05) is 26.3 Å². The molecule has 18 heavy (non-hydrogen) atoms. The van der Waals surface area contributed by atoms with Crippen LogP contribution in [0.25, 0.3) is 0 Å². The summed E-state index contributed by atoms with van der Waals surface area (Å²) in [6.07, 6.45) is 7.67. The van der Waals surface area contributed by atoms with Gasteiger partial charge in [0.05, 0.1) is 6.10 Å². The van der Waals surface area contributed by atoms with Crippen LogP contribution >= 0.6 is 0 Å². The second-order valence-corrected chi connectivity index (χ2v) is 4.62. The maximum atomic E-state index is 11.5. The first kappa shape index (κ1) is 15.0. The summed E-state index contributed by atoms with van der Waals surface area (Å²) in [5, 5.41) is 0. The van der Waals surface area contributed by atoms with E-state index in [4.69, 9.17) is 9.47 Å². The molecule has 1 rings (SSSR count). The lowest BCUT2D eigenvalue weighted by molar-refractivity contribution is -0.141. The Kier molecular flexibility index (Phi) is 7.49. The van der Waals surface area contributed by atoms with Gasteiger partial charge >= 0.3 is 5.97 Å². The zero-order valence-corrected chi connectivity index (χ0v) is 11.6. The molecule has 4 nitrogen and oxygen atoms in total. The van der Waals surface area contributed by atoms with Crippen molar-refractivity contribution in [2.24, 2.45) is 0 Å². The molecule has 1 atom stereocenters. The molecule has 0 N–H and O–H groups in total. The normalized spacial score (nSPS) is 19.3. The molecule has 1 heterocycles. The van der Waals surface area contributed by atoms with E-state index in [1.165, 1.54) is 6.08 Å². The van der Waals surface area contributed by atoms with Crippen LogP contribution in [-0.4, -0.2) is 43.3 Å². The average molecular weight is 255 g/mol. The third kappa shape index (κ3) is 6.05. The summed E-state index contributed by atoms with van der Waals surface area (Å²) in [4.78, 5) is 13.7. The lowest BCUT2D eigenvalue weighted by atomic mass is 10.2. The molecular formula is C14H25NO3. The molecule has 1 unspecified atom stereocenters. The van der Waals surface area contributed by atoms with Gasteiger partial charge in [0.2, 0.25) is 0 Å². The van der Waals surface area contributed by atoms with Gasteiger partial charge in [0.1, 0.15) is 6.61 Å². The van der Waals surface area contributed by atoms with E-state index in [1.807, 2.05) is 6.20 Å². The Morgan fingerprint density at radius 2 is 2.11 bits per heavy atom. The topological polar surface area (TPSA) is 38.8 Å². The second kappa shape index (κ2) is 8.97. The van der Waals surface area contributed by atoms with Crippen LogP contribution in [0.3, 0.4) is 0 Å². The van der Waals surface area contributed by atoms with Crippen LogP contribution in [0.15, 0.2) is 12.3 Å². The van der Waals surface area contributed by atoms with Crippen LogP contribution in [0.1, 0.15) is 39.5 Å². The van der Waals surface area contributed by atoms with Crippen LogP contribution in [0.5, 0.6) is 0 Å². The fraction of sp³-hybridized carbons (Fsp3) is 0.786. The standard InChI is InChI=1S/C14H25NO3/c1-3-8-15(9-4-2)10-7-14(16)18-12-13-6-5-11-17-13/h7,10,13H,3-6,8-9,11-12H2,1-2H3/b10-7+. The van der Waals surface area contributed by atoms with E-state index in [2.05, 4.69) is 18.7 Å². The van der Waals surface area contributed by atoms with Gasteiger partial charge in [0, 0.05) is 32.0 Å². The number of carbonyl (C=O) groups is 1. The Bertz CT molecular complexity index is 254. The first-order chi connectivity index (χ1) is 8.76. The predicted octanol–water partition coefficient (Wildman–Crippen LogP) is 2.34. The van der Waals surface area contributed by atoms with E-state index < -0.39 is 0 Å². The van der Waals surface area contributed by atoms with Gasteiger partial charge in [-0.15, -0.1) is 0 Å². The molecule has 0 aromatic rings. The SMILES string of the molecule is CCCN(/C=C/C(=O)OCC1CCCO1)CCC. The molecule has 0 bridgehead atoms. The highest BCUT2D eigenvalue weighted by atomic mass is 16.6. The third-order valence-corrected chi connectivity index (χ3v) is 2.88. The van der Waals surface area contributed by atoms with Gasteiger partial charge in [-0.25, -0.2) is 4.79 Å². The minimum absolute atomic E-state index is 0.102. The molecule has 0 amide bonds. The van der Waals surface area contributed by atoms with Gasteiger partial charge in [-0.05, 0) is 25.7 Å². The lowest BCUT2D eigenvalue weighted by Gasteiger charge is -2.18. The Hall–Kier alpha value is -1.03. The molecule has 0 aliphatic carbocycles. The van der Waals surface area contributed by atoms with Crippen molar-refractivity contribution in [3.05, 3.63) is 12.3 Å². The summed E-state index contributed by atoms with van der Waals surface area (Å²) in [7, 11) is 0. The van der Waals surface area contributed by atoms with Gasteiger partial charge in [0.15, 0.2) is 0 Å². The van der Waals surface area contributed by atoms with Gasteiger partial charge in [0.25, 0.3) is 0 Å². The first-order valence-corrected chi connectivity index (χ1v) is 6.96. The quantitative estimate of drug-likeness (QED) is 0.493. The van der Waals surface area contributed by atoms with Crippen LogP contribution < -0.4 is 0 Å². The van der Waals surface area contributed by atoms with E-state index in [9.17, 15) is 4.79 Å². The predicted molar refractivity (Wildman–Crippen MR) is 71.2 cm³/mol. The number of carbonyl (C=O) groups excluding carboxylic acids is 1. The molecule has 1 saturated heterocycles. The van der Waals surface area contributed by atoms with Gasteiger partial charge in [-0.1, -0.05) is 13.8 Å². The zero-order valence-electron chi connectivity index (χ0n) is 11.6. The fourth-order valence-corrected chi connectivity index (χ4v) is 2.00. The van der Waals surface area contributed by atoms with Crippen LogP contribution in [0.2, 0.25) is 0 Å².